The number of aliphatic hydroxyl groups excluding tert-OH is 1. The minimum atomic E-state index is -0.353. The Morgan fingerprint density at radius 3 is 2.44 bits per heavy atom. The summed E-state index contributed by atoms with van der Waals surface area (Å²) >= 11 is 0. The van der Waals surface area contributed by atoms with E-state index in [4.69, 9.17) is 4.74 Å². The molecule has 1 unspecified atom stereocenters. The standard InChI is InChI=1S/C13H25NO2/c1-11(12(15)13(2,3)4)5-6-14-7-9-16-10-8-14/h5,12,15H,6-10H2,1-4H3/b11-5-. The zero-order valence-electron chi connectivity index (χ0n) is 11.0. The van der Waals surface area contributed by atoms with Gasteiger partial charge in [-0.15, -0.1) is 0 Å². The maximum atomic E-state index is 10.1. The highest BCUT2D eigenvalue weighted by molar-refractivity contribution is 5.09. The van der Waals surface area contributed by atoms with Crippen LogP contribution in [0.1, 0.15) is 27.7 Å². The molecule has 0 aromatic heterocycles. The molecule has 3 heteroatoms. The molecule has 1 aliphatic heterocycles. The van der Waals surface area contributed by atoms with E-state index in [-0.39, 0.29) is 11.5 Å². The zero-order chi connectivity index (χ0) is 12.2. The first-order valence-electron chi connectivity index (χ1n) is 6.06. The summed E-state index contributed by atoms with van der Waals surface area (Å²) in [5, 5.41) is 10.1. The maximum absolute atomic E-state index is 10.1. The Bertz CT molecular complexity index is 237. The van der Waals surface area contributed by atoms with E-state index in [9.17, 15) is 5.11 Å². The first kappa shape index (κ1) is 13.7. The van der Waals surface area contributed by atoms with Crippen molar-refractivity contribution in [2.75, 3.05) is 32.8 Å². The van der Waals surface area contributed by atoms with Crippen molar-refractivity contribution in [1.82, 2.24) is 4.90 Å². The van der Waals surface area contributed by atoms with Gasteiger partial charge < -0.3 is 9.84 Å². The van der Waals surface area contributed by atoms with E-state index < -0.39 is 0 Å². The lowest BCUT2D eigenvalue weighted by molar-refractivity contribution is 0.0428. The first-order valence-corrected chi connectivity index (χ1v) is 6.06. The Morgan fingerprint density at radius 2 is 1.94 bits per heavy atom. The number of hydrogen-bond donors (Lipinski definition) is 1. The Hall–Kier alpha value is -0.380. The van der Waals surface area contributed by atoms with Crippen LogP contribution in [0.15, 0.2) is 11.6 Å². The average Bonchev–Trinajstić information content (AvgIpc) is 2.25. The number of morpholine rings is 1. The first-order chi connectivity index (χ1) is 7.41. The van der Waals surface area contributed by atoms with Gasteiger partial charge in [-0.05, 0) is 17.9 Å². The van der Waals surface area contributed by atoms with Gasteiger partial charge in [-0.3, -0.25) is 4.90 Å². The van der Waals surface area contributed by atoms with E-state index in [2.05, 4.69) is 31.7 Å². The molecule has 1 heterocycles. The maximum Gasteiger partial charge on any atom is 0.0796 e. The Kier molecular flexibility index (Phi) is 4.96. The molecular weight excluding hydrogens is 202 g/mol. The summed E-state index contributed by atoms with van der Waals surface area (Å²) in [5.41, 5.74) is 0.991. The van der Waals surface area contributed by atoms with E-state index in [1.165, 1.54) is 0 Å². The second kappa shape index (κ2) is 5.80. The van der Waals surface area contributed by atoms with Gasteiger partial charge in [0, 0.05) is 19.6 Å². The minimum absolute atomic E-state index is 0.0778. The normalized spacial score (nSPS) is 22.2. The Balaban J connectivity index is 2.43. The van der Waals surface area contributed by atoms with Crippen molar-refractivity contribution in [3.8, 4) is 0 Å². The molecule has 0 amide bonds. The number of rotatable bonds is 3. The number of nitrogens with zero attached hydrogens (tertiary/aromatic N) is 1. The highest BCUT2D eigenvalue weighted by Crippen LogP contribution is 2.24. The smallest absolute Gasteiger partial charge is 0.0796 e. The van der Waals surface area contributed by atoms with E-state index in [1.807, 2.05) is 6.92 Å². The van der Waals surface area contributed by atoms with Gasteiger partial charge >= 0.3 is 0 Å². The summed E-state index contributed by atoms with van der Waals surface area (Å²) in [6, 6.07) is 0. The van der Waals surface area contributed by atoms with Crippen LogP contribution in [0.4, 0.5) is 0 Å². The third-order valence-electron chi connectivity index (χ3n) is 3.03. The van der Waals surface area contributed by atoms with E-state index >= 15 is 0 Å². The van der Waals surface area contributed by atoms with Gasteiger partial charge in [0.1, 0.15) is 0 Å². The fraction of sp³-hybridized carbons (Fsp3) is 0.846. The van der Waals surface area contributed by atoms with Crippen LogP contribution in [-0.4, -0.2) is 49.0 Å². The summed E-state index contributed by atoms with van der Waals surface area (Å²) in [5.74, 6) is 0. The number of aliphatic hydroxyl groups is 1. The second-order valence-electron chi connectivity index (χ2n) is 5.63. The summed E-state index contributed by atoms with van der Waals surface area (Å²) in [7, 11) is 0. The fourth-order valence-electron chi connectivity index (χ4n) is 1.85. The lowest BCUT2D eigenvalue weighted by Gasteiger charge is -2.28. The van der Waals surface area contributed by atoms with Gasteiger partial charge in [-0.25, -0.2) is 0 Å². The largest absolute Gasteiger partial charge is 0.388 e. The molecule has 94 valence electrons. The van der Waals surface area contributed by atoms with Crippen LogP contribution in [-0.2, 0) is 4.74 Å². The molecule has 1 saturated heterocycles. The molecule has 1 N–H and O–H groups in total. The van der Waals surface area contributed by atoms with Gasteiger partial charge in [0.2, 0.25) is 0 Å². The van der Waals surface area contributed by atoms with Gasteiger partial charge in [-0.1, -0.05) is 26.8 Å². The summed E-state index contributed by atoms with van der Waals surface area (Å²) in [6.07, 6.45) is 1.79. The molecule has 0 saturated carbocycles. The molecule has 1 fully saturated rings. The Morgan fingerprint density at radius 1 is 1.38 bits per heavy atom. The monoisotopic (exact) mass is 227 g/mol. The quantitative estimate of drug-likeness (QED) is 0.745. The topological polar surface area (TPSA) is 32.7 Å². The van der Waals surface area contributed by atoms with Crippen molar-refractivity contribution in [1.29, 1.82) is 0 Å². The van der Waals surface area contributed by atoms with Crippen LogP contribution >= 0.6 is 0 Å². The Labute approximate surface area is 99.1 Å². The SMILES string of the molecule is C/C(=C/CN1CCOCC1)C(O)C(C)(C)C. The average molecular weight is 227 g/mol. The predicted molar refractivity (Wildman–Crippen MR) is 66.5 cm³/mol. The van der Waals surface area contributed by atoms with Crippen LogP contribution in [0, 0.1) is 5.41 Å². The zero-order valence-corrected chi connectivity index (χ0v) is 11.0. The third kappa shape index (κ3) is 4.24. The molecule has 0 aromatic carbocycles. The number of ether oxygens (including phenoxy) is 1. The summed E-state index contributed by atoms with van der Waals surface area (Å²) in [4.78, 5) is 2.35. The van der Waals surface area contributed by atoms with Crippen molar-refractivity contribution in [2.24, 2.45) is 5.41 Å². The molecule has 3 nitrogen and oxygen atoms in total. The van der Waals surface area contributed by atoms with Crippen LogP contribution < -0.4 is 0 Å². The minimum Gasteiger partial charge on any atom is -0.388 e. The molecule has 0 bridgehead atoms. The van der Waals surface area contributed by atoms with Crippen molar-refractivity contribution in [2.45, 2.75) is 33.8 Å². The lowest BCUT2D eigenvalue weighted by atomic mass is 9.85. The van der Waals surface area contributed by atoms with Gasteiger partial charge in [0.15, 0.2) is 0 Å². The molecule has 1 atom stereocenters. The van der Waals surface area contributed by atoms with Crippen molar-refractivity contribution < 1.29 is 9.84 Å². The van der Waals surface area contributed by atoms with E-state index in [1.54, 1.807) is 0 Å². The lowest BCUT2D eigenvalue weighted by Crippen LogP contribution is -2.36. The predicted octanol–water partition coefficient (Wildman–Crippen LogP) is 1.67. The van der Waals surface area contributed by atoms with Gasteiger partial charge in [0.05, 0.1) is 19.3 Å². The van der Waals surface area contributed by atoms with Gasteiger partial charge in [-0.2, -0.15) is 0 Å². The van der Waals surface area contributed by atoms with Gasteiger partial charge in [0.25, 0.3) is 0 Å². The number of hydrogen-bond acceptors (Lipinski definition) is 3. The molecule has 0 aromatic rings. The van der Waals surface area contributed by atoms with Crippen LogP contribution in [0.3, 0.4) is 0 Å². The molecule has 1 aliphatic rings. The third-order valence-corrected chi connectivity index (χ3v) is 3.03. The van der Waals surface area contributed by atoms with E-state index in [0.717, 1.165) is 38.4 Å². The van der Waals surface area contributed by atoms with Crippen molar-refractivity contribution in [3.63, 3.8) is 0 Å². The summed E-state index contributed by atoms with van der Waals surface area (Å²) < 4.78 is 5.30. The van der Waals surface area contributed by atoms with Crippen molar-refractivity contribution in [3.05, 3.63) is 11.6 Å². The van der Waals surface area contributed by atoms with Crippen molar-refractivity contribution >= 4 is 0 Å². The highest BCUT2D eigenvalue weighted by Gasteiger charge is 2.23. The highest BCUT2D eigenvalue weighted by atomic mass is 16.5. The fourth-order valence-corrected chi connectivity index (χ4v) is 1.85. The van der Waals surface area contributed by atoms with Crippen LogP contribution in [0.25, 0.3) is 0 Å². The summed E-state index contributed by atoms with van der Waals surface area (Å²) in [6.45, 7) is 12.8. The molecule has 0 radical (unpaired) electrons. The van der Waals surface area contributed by atoms with Crippen LogP contribution in [0.2, 0.25) is 0 Å². The molecular formula is C13H25NO2. The van der Waals surface area contributed by atoms with Crippen LogP contribution in [0.5, 0.6) is 0 Å². The second-order valence-corrected chi connectivity index (χ2v) is 5.63. The molecule has 1 rings (SSSR count). The molecule has 16 heavy (non-hydrogen) atoms. The molecule has 0 spiro atoms. The molecule has 0 aliphatic carbocycles. The van der Waals surface area contributed by atoms with E-state index in [0.29, 0.717) is 0 Å².